The van der Waals surface area contributed by atoms with Crippen molar-refractivity contribution in [2.75, 3.05) is 19.7 Å². The molecule has 3 heteroatoms. The summed E-state index contributed by atoms with van der Waals surface area (Å²) in [4.78, 5) is 15.2. The Hall–Kier alpha value is -0.570. The average molecular weight is 496 g/mol. The van der Waals surface area contributed by atoms with Crippen LogP contribution in [0.25, 0.3) is 0 Å². The predicted octanol–water partition coefficient (Wildman–Crippen LogP) is 9.99. The van der Waals surface area contributed by atoms with Crippen LogP contribution in [0.3, 0.4) is 0 Å². The average Bonchev–Trinajstić information content (AvgIpc) is 2.86. The molecule has 0 radical (unpaired) electrons. The first-order valence-corrected chi connectivity index (χ1v) is 16.1. The van der Waals surface area contributed by atoms with Crippen LogP contribution in [0.15, 0.2) is 0 Å². The molecule has 0 saturated heterocycles. The number of aliphatic hydroxyl groups excluding tert-OH is 1. The summed E-state index contributed by atoms with van der Waals surface area (Å²) in [6, 6.07) is 0. The maximum atomic E-state index is 13.0. The Morgan fingerprint density at radius 2 is 0.771 bits per heavy atom. The minimum Gasteiger partial charge on any atom is -0.396 e. The van der Waals surface area contributed by atoms with Gasteiger partial charge in [0.25, 0.3) is 0 Å². The van der Waals surface area contributed by atoms with E-state index in [-0.39, 0.29) is 0 Å². The van der Waals surface area contributed by atoms with Crippen molar-refractivity contribution in [3.63, 3.8) is 0 Å². The summed E-state index contributed by atoms with van der Waals surface area (Å²) < 4.78 is 0. The van der Waals surface area contributed by atoms with E-state index in [0.717, 1.165) is 32.4 Å². The highest BCUT2D eigenvalue weighted by Crippen LogP contribution is 2.14. The van der Waals surface area contributed by atoms with Crippen molar-refractivity contribution < 1.29 is 9.90 Å². The van der Waals surface area contributed by atoms with Crippen LogP contribution in [-0.2, 0) is 4.79 Å². The summed E-state index contributed by atoms with van der Waals surface area (Å²) in [5.74, 6) is 0.417. The van der Waals surface area contributed by atoms with Crippen molar-refractivity contribution in [3.8, 4) is 0 Å². The van der Waals surface area contributed by atoms with Crippen molar-refractivity contribution in [1.82, 2.24) is 4.90 Å². The number of hydrogen-bond donors (Lipinski definition) is 1. The third-order valence-corrected chi connectivity index (χ3v) is 7.46. The molecule has 0 atom stereocenters. The molecule has 0 spiro atoms. The van der Waals surface area contributed by atoms with Crippen LogP contribution in [-0.4, -0.2) is 35.6 Å². The number of unbranched alkanes of at least 4 members (excludes halogenated alkanes) is 22. The van der Waals surface area contributed by atoms with Crippen molar-refractivity contribution in [2.45, 2.75) is 181 Å². The summed E-state index contributed by atoms with van der Waals surface area (Å²) >= 11 is 0. The zero-order valence-corrected chi connectivity index (χ0v) is 24.3. The molecule has 0 bridgehead atoms. The van der Waals surface area contributed by atoms with Gasteiger partial charge in [-0.1, -0.05) is 149 Å². The van der Waals surface area contributed by atoms with Gasteiger partial charge in [0, 0.05) is 26.1 Å². The second kappa shape index (κ2) is 29.7. The van der Waals surface area contributed by atoms with Gasteiger partial charge in [0.15, 0.2) is 0 Å². The second-order valence-electron chi connectivity index (χ2n) is 11.0. The number of hydrogen-bond acceptors (Lipinski definition) is 2. The summed E-state index contributed by atoms with van der Waals surface area (Å²) in [7, 11) is 0. The van der Waals surface area contributed by atoms with Gasteiger partial charge in [-0.2, -0.15) is 0 Å². The standard InChI is InChI=1S/C32H65NO2/c1-3-5-7-9-11-17-21-25-29-33(30-26-22-18-12-10-8-6-4-2)32(35)28-24-20-16-14-13-15-19-23-27-31-34/h34H,3-31H2,1-2H3. The van der Waals surface area contributed by atoms with E-state index in [1.54, 1.807) is 0 Å². The lowest BCUT2D eigenvalue weighted by atomic mass is 10.1. The number of aliphatic hydroxyl groups is 1. The first-order valence-electron chi connectivity index (χ1n) is 16.1. The third kappa shape index (κ3) is 26.3. The van der Waals surface area contributed by atoms with E-state index in [2.05, 4.69) is 18.7 Å². The topological polar surface area (TPSA) is 40.5 Å². The summed E-state index contributed by atoms with van der Waals surface area (Å²) in [5, 5.41) is 8.83. The van der Waals surface area contributed by atoms with Gasteiger partial charge in [0.05, 0.1) is 0 Å². The van der Waals surface area contributed by atoms with Gasteiger partial charge in [-0.25, -0.2) is 0 Å². The minimum atomic E-state index is 0.336. The van der Waals surface area contributed by atoms with Gasteiger partial charge >= 0.3 is 0 Å². The fourth-order valence-electron chi connectivity index (χ4n) is 5.02. The first-order chi connectivity index (χ1) is 17.3. The van der Waals surface area contributed by atoms with Crippen LogP contribution < -0.4 is 0 Å². The Balaban J connectivity index is 4.02. The van der Waals surface area contributed by atoms with Gasteiger partial charge in [-0.3, -0.25) is 4.79 Å². The van der Waals surface area contributed by atoms with Gasteiger partial charge < -0.3 is 10.0 Å². The Bertz CT molecular complexity index is 392. The molecule has 0 saturated carbocycles. The SMILES string of the molecule is CCCCCCCCCCN(CCCCCCCCCC)C(=O)CCCCCCCCCCCO. The largest absolute Gasteiger partial charge is 0.396 e. The van der Waals surface area contributed by atoms with Gasteiger partial charge in [-0.05, 0) is 25.7 Å². The predicted molar refractivity (Wildman–Crippen MR) is 155 cm³/mol. The van der Waals surface area contributed by atoms with E-state index in [0.29, 0.717) is 12.5 Å². The number of carbonyl (C=O) groups excluding carboxylic acids is 1. The highest BCUT2D eigenvalue weighted by atomic mass is 16.2. The number of rotatable bonds is 29. The lowest BCUT2D eigenvalue weighted by molar-refractivity contribution is -0.131. The molecule has 0 aliphatic rings. The molecule has 0 fully saturated rings. The number of nitrogens with zero attached hydrogens (tertiary/aromatic N) is 1. The van der Waals surface area contributed by atoms with Crippen molar-refractivity contribution in [2.24, 2.45) is 0 Å². The molecule has 0 aliphatic carbocycles. The quantitative estimate of drug-likeness (QED) is 0.105. The van der Waals surface area contributed by atoms with Crippen LogP contribution in [0.5, 0.6) is 0 Å². The second-order valence-corrected chi connectivity index (χ2v) is 11.0. The van der Waals surface area contributed by atoms with Crippen LogP contribution in [0.4, 0.5) is 0 Å². The molecule has 3 nitrogen and oxygen atoms in total. The number of carbonyl (C=O) groups is 1. The van der Waals surface area contributed by atoms with E-state index >= 15 is 0 Å². The number of amides is 1. The smallest absolute Gasteiger partial charge is 0.222 e. The van der Waals surface area contributed by atoms with Crippen LogP contribution in [0, 0.1) is 0 Å². The first kappa shape index (κ1) is 34.4. The van der Waals surface area contributed by atoms with Gasteiger partial charge in [0.1, 0.15) is 0 Å². The maximum absolute atomic E-state index is 13.0. The lowest BCUT2D eigenvalue weighted by Gasteiger charge is -2.23. The Morgan fingerprint density at radius 1 is 0.457 bits per heavy atom. The van der Waals surface area contributed by atoms with Crippen molar-refractivity contribution in [1.29, 1.82) is 0 Å². The zero-order valence-electron chi connectivity index (χ0n) is 24.3. The minimum absolute atomic E-state index is 0.336. The fraction of sp³-hybridized carbons (Fsp3) is 0.969. The third-order valence-electron chi connectivity index (χ3n) is 7.46. The molecule has 0 heterocycles. The van der Waals surface area contributed by atoms with E-state index in [9.17, 15) is 4.79 Å². The molecule has 0 aromatic carbocycles. The highest BCUT2D eigenvalue weighted by molar-refractivity contribution is 5.76. The summed E-state index contributed by atoms with van der Waals surface area (Å²) in [5.41, 5.74) is 0. The highest BCUT2D eigenvalue weighted by Gasteiger charge is 2.12. The van der Waals surface area contributed by atoms with Crippen LogP contribution in [0.1, 0.15) is 181 Å². The molecule has 0 aliphatic heterocycles. The van der Waals surface area contributed by atoms with E-state index < -0.39 is 0 Å². The Morgan fingerprint density at radius 3 is 1.14 bits per heavy atom. The van der Waals surface area contributed by atoms with Gasteiger partial charge in [-0.15, -0.1) is 0 Å². The Labute approximate surface area is 221 Å². The molecule has 0 aromatic heterocycles. The maximum Gasteiger partial charge on any atom is 0.222 e. The molecule has 1 amide bonds. The molecule has 0 aromatic rings. The lowest BCUT2D eigenvalue weighted by Crippen LogP contribution is -2.32. The van der Waals surface area contributed by atoms with Crippen molar-refractivity contribution >= 4 is 5.91 Å². The molecule has 35 heavy (non-hydrogen) atoms. The van der Waals surface area contributed by atoms with E-state index in [1.807, 2.05) is 0 Å². The molecular formula is C32H65NO2. The molecule has 1 N–H and O–H groups in total. The zero-order chi connectivity index (χ0) is 25.7. The van der Waals surface area contributed by atoms with E-state index in [1.165, 1.54) is 148 Å². The van der Waals surface area contributed by atoms with Crippen LogP contribution in [0.2, 0.25) is 0 Å². The molecule has 0 rings (SSSR count). The van der Waals surface area contributed by atoms with Crippen LogP contribution >= 0.6 is 0 Å². The van der Waals surface area contributed by atoms with E-state index in [4.69, 9.17) is 5.11 Å². The fourth-order valence-corrected chi connectivity index (χ4v) is 5.02. The normalized spacial score (nSPS) is 11.3. The van der Waals surface area contributed by atoms with Gasteiger partial charge in [0.2, 0.25) is 5.91 Å². The molecule has 210 valence electrons. The molecular weight excluding hydrogens is 430 g/mol. The van der Waals surface area contributed by atoms with Crippen molar-refractivity contribution in [3.05, 3.63) is 0 Å². The molecule has 0 unspecified atom stereocenters. The summed E-state index contributed by atoms with van der Waals surface area (Å²) in [6.07, 6.45) is 32.9. The Kier molecular flexibility index (Phi) is 29.2. The monoisotopic (exact) mass is 496 g/mol. The summed E-state index contributed by atoms with van der Waals surface area (Å²) in [6.45, 7) is 6.86.